The average Bonchev–Trinajstić information content (AvgIpc) is 2.46. The highest BCUT2D eigenvalue weighted by atomic mass is 16.2. The van der Waals surface area contributed by atoms with Crippen molar-refractivity contribution in [2.24, 2.45) is 0 Å². The van der Waals surface area contributed by atoms with E-state index in [0.717, 1.165) is 24.1 Å². The number of hydrogen-bond donors (Lipinski definition) is 1. The van der Waals surface area contributed by atoms with Gasteiger partial charge in [-0.15, -0.1) is 0 Å². The van der Waals surface area contributed by atoms with Gasteiger partial charge >= 0.3 is 0 Å². The van der Waals surface area contributed by atoms with Crippen molar-refractivity contribution in [3.05, 3.63) is 29.8 Å². The van der Waals surface area contributed by atoms with E-state index in [2.05, 4.69) is 0 Å². The van der Waals surface area contributed by atoms with Crippen LogP contribution in [-0.4, -0.2) is 48.3 Å². The van der Waals surface area contributed by atoms with Gasteiger partial charge in [-0.3, -0.25) is 9.59 Å². The monoisotopic (exact) mass is 261 g/mol. The van der Waals surface area contributed by atoms with Crippen molar-refractivity contribution in [1.82, 2.24) is 9.80 Å². The van der Waals surface area contributed by atoms with E-state index in [0.29, 0.717) is 32.6 Å². The lowest BCUT2D eigenvalue weighted by atomic mass is 10.1. The molecule has 0 spiro atoms. The van der Waals surface area contributed by atoms with Gasteiger partial charge in [0.25, 0.3) is 0 Å². The van der Waals surface area contributed by atoms with E-state index in [1.165, 1.54) is 0 Å². The van der Waals surface area contributed by atoms with Crippen LogP contribution in [0.15, 0.2) is 24.3 Å². The number of piperazine rings is 1. The van der Waals surface area contributed by atoms with Gasteiger partial charge in [0.1, 0.15) is 0 Å². The molecule has 1 aromatic rings. The van der Waals surface area contributed by atoms with Crippen LogP contribution in [0.4, 0.5) is 5.69 Å². The van der Waals surface area contributed by atoms with E-state index < -0.39 is 0 Å². The number of carbonyl (C=O) groups excluding carboxylic acids is 2. The van der Waals surface area contributed by atoms with E-state index in [9.17, 15) is 9.59 Å². The highest BCUT2D eigenvalue weighted by Crippen LogP contribution is 2.09. The second-order valence-corrected chi connectivity index (χ2v) is 4.76. The van der Waals surface area contributed by atoms with Gasteiger partial charge in [-0.2, -0.15) is 0 Å². The molecule has 1 saturated heterocycles. The van der Waals surface area contributed by atoms with Crippen LogP contribution in [0.2, 0.25) is 0 Å². The molecule has 2 amide bonds. The quantitative estimate of drug-likeness (QED) is 0.634. The average molecular weight is 261 g/mol. The zero-order valence-corrected chi connectivity index (χ0v) is 10.9. The first-order valence-corrected chi connectivity index (χ1v) is 6.50. The Labute approximate surface area is 113 Å². The lowest BCUT2D eigenvalue weighted by molar-refractivity contribution is -0.135. The summed E-state index contributed by atoms with van der Waals surface area (Å²) in [7, 11) is 0. The molecule has 19 heavy (non-hydrogen) atoms. The fourth-order valence-corrected chi connectivity index (χ4v) is 2.17. The summed E-state index contributed by atoms with van der Waals surface area (Å²) in [6, 6.07) is 7.60. The van der Waals surface area contributed by atoms with E-state index in [-0.39, 0.29) is 5.91 Å². The molecular formula is C14H19N3O2. The van der Waals surface area contributed by atoms with Gasteiger partial charge in [0.15, 0.2) is 0 Å². The molecule has 0 aromatic heterocycles. The molecule has 0 atom stereocenters. The summed E-state index contributed by atoms with van der Waals surface area (Å²) in [6.45, 7) is 2.55. The topological polar surface area (TPSA) is 66.6 Å². The number of nitrogens with zero attached hydrogens (tertiary/aromatic N) is 2. The van der Waals surface area contributed by atoms with Crippen LogP contribution in [0.25, 0.3) is 0 Å². The molecule has 1 heterocycles. The number of hydrogen-bond acceptors (Lipinski definition) is 3. The zero-order valence-electron chi connectivity index (χ0n) is 10.9. The third kappa shape index (κ3) is 3.71. The second-order valence-electron chi connectivity index (χ2n) is 4.76. The molecule has 0 unspecified atom stereocenters. The van der Waals surface area contributed by atoms with Crippen LogP contribution in [0.5, 0.6) is 0 Å². The molecule has 2 N–H and O–H groups in total. The summed E-state index contributed by atoms with van der Waals surface area (Å²) in [6.07, 6.45) is 2.08. The standard InChI is InChI=1S/C14H19N3O2/c15-13-4-1-12(2-5-13)3-6-14(19)17-9-7-16(11-18)8-10-17/h1-2,4-5,11H,3,6-10,15H2. The summed E-state index contributed by atoms with van der Waals surface area (Å²) >= 11 is 0. The van der Waals surface area contributed by atoms with Crippen LogP contribution < -0.4 is 5.73 Å². The van der Waals surface area contributed by atoms with E-state index in [4.69, 9.17) is 5.73 Å². The third-order valence-corrected chi connectivity index (χ3v) is 3.42. The Morgan fingerprint density at radius 2 is 1.79 bits per heavy atom. The van der Waals surface area contributed by atoms with Crippen molar-refractivity contribution < 1.29 is 9.59 Å². The lowest BCUT2D eigenvalue weighted by Crippen LogP contribution is -2.48. The van der Waals surface area contributed by atoms with E-state index in [1.54, 1.807) is 4.90 Å². The van der Waals surface area contributed by atoms with Crippen molar-refractivity contribution in [3.63, 3.8) is 0 Å². The smallest absolute Gasteiger partial charge is 0.223 e. The summed E-state index contributed by atoms with van der Waals surface area (Å²) in [5, 5.41) is 0. The van der Waals surface area contributed by atoms with Crippen molar-refractivity contribution in [1.29, 1.82) is 0 Å². The SMILES string of the molecule is Nc1ccc(CCC(=O)N2CCN(C=O)CC2)cc1. The first kappa shape index (κ1) is 13.4. The molecule has 102 valence electrons. The third-order valence-electron chi connectivity index (χ3n) is 3.42. The fraction of sp³-hybridized carbons (Fsp3) is 0.429. The van der Waals surface area contributed by atoms with Gasteiger partial charge in [0.2, 0.25) is 12.3 Å². The number of rotatable bonds is 4. The maximum Gasteiger partial charge on any atom is 0.223 e. The van der Waals surface area contributed by atoms with Gasteiger partial charge in [-0.1, -0.05) is 12.1 Å². The number of aryl methyl sites for hydroxylation is 1. The molecule has 5 nitrogen and oxygen atoms in total. The van der Waals surface area contributed by atoms with Crippen LogP contribution in [0, 0.1) is 0 Å². The predicted octanol–water partition coefficient (Wildman–Crippen LogP) is 0.502. The van der Waals surface area contributed by atoms with Gasteiger partial charge in [0, 0.05) is 38.3 Å². The predicted molar refractivity (Wildman–Crippen MR) is 73.4 cm³/mol. The molecule has 1 fully saturated rings. The molecule has 0 bridgehead atoms. The number of nitrogens with two attached hydrogens (primary N) is 1. The van der Waals surface area contributed by atoms with Crippen molar-refractivity contribution in [2.75, 3.05) is 31.9 Å². The first-order valence-electron chi connectivity index (χ1n) is 6.50. The van der Waals surface area contributed by atoms with Gasteiger partial charge in [0.05, 0.1) is 0 Å². The Morgan fingerprint density at radius 3 is 2.37 bits per heavy atom. The van der Waals surface area contributed by atoms with E-state index in [1.807, 2.05) is 29.2 Å². The molecule has 1 aliphatic heterocycles. The highest BCUT2D eigenvalue weighted by molar-refractivity contribution is 5.76. The Balaban J connectivity index is 1.78. The number of nitrogen functional groups attached to an aromatic ring is 1. The molecule has 2 rings (SSSR count). The number of anilines is 1. The van der Waals surface area contributed by atoms with Crippen molar-refractivity contribution in [3.8, 4) is 0 Å². The minimum atomic E-state index is 0.155. The Morgan fingerprint density at radius 1 is 1.16 bits per heavy atom. The molecule has 1 aromatic carbocycles. The molecule has 1 aliphatic rings. The zero-order chi connectivity index (χ0) is 13.7. The number of benzene rings is 1. The number of carbonyl (C=O) groups is 2. The summed E-state index contributed by atoms with van der Waals surface area (Å²) in [4.78, 5) is 26.1. The van der Waals surface area contributed by atoms with Gasteiger partial charge < -0.3 is 15.5 Å². The Bertz CT molecular complexity index is 437. The van der Waals surface area contributed by atoms with Crippen LogP contribution in [0.1, 0.15) is 12.0 Å². The van der Waals surface area contributed by atoms with Crippen LogP contribution in [-0.2, 0) is 16.0 Å². The minimum Gasteiger partial charge on any atom is -0.399 e. The number of amides is 2. The summed E-state index contributed by atoms with van der Waals surface area (Å²) in [5.74, 6) is 0.155. The second kappa shape index (κ2) is 6.22. The summed E-state index contributed by atoms with van der Waals surface area (Å²) < 4.78 is 0. The Kier molecular flexibility index (Phi) is 4.39. The largest absolute Gasteiger partial charge is 0.399 e. The van der Waals surface area contributed by atoms with Crippen molar-refractivity contribution in [2.45, 2.75) is 12.8 Å². The summed E-state index contributed by atoms with van der Waals surface area (Å²) in [5.41, 5.74) is 7.47. The maximum absolute atomic E-state index is 12.0. The molecule has 5 heteroatoms. The lowest BCUT2D eigenvalue weighted by Gasteiger charge is -2.32. The molecule has 0 saturated carbocycles. The Hall–Kier alpha value is -2.04. The fourth-order valence-electron chi connectivity index (χ4n) is 2.17. The molecule has 0 radical (unpaired) electrons. The van der Waals surface area contributed by atoms with Gasteiger partial charge in [-0.25, -0.2) is 0 Å². The molecule has 0 aliphatic carbocycles. The molecular weight excluding hydrogens is 242 g/mol. The highest BCUT2D eigenvalue weighted by Gasteiger charge is 2.19. The first-order chi connectivity index (χ1) is 9.19. The minimum absolute atomic E-state index is 0.155. The van der Waals surface area contributed by atoms with Gasteiger partial charge in [-0.05, 0) is 24.1 Å². The van der Waals surface area contributed by atoms with Crippen LogP contribution >= 0.6 is 0 Å². The normalized spacial score (nSPS) is 15.4. The van der Waals surface area contributed by atoms with E-state index >= 15 is 0 Å². The van der Waals surface area contributed by atoms with Crippen LogP contribution in [0.3, 0.4) is 0 Å². The maximum atomic E-state index is 12.0. The van der Waals surface area contributed by atoms with Crippen molar-refractivity contribution >= 4 is 18.0 Å².